The monoisotopic (exact) mass is 304 g/mol. The van der Waals surface area contributed by atoms with Gasteiger partial charge in [-0.3, -0.25) is 0 Å². The largest absolute Gasteiger partial charge is 0.355 e. The van der Waals surface area contributed by atoms with Crippen molar-refractivity contribution in [3.63, 3.8) is 0 Å². The van der Waals surface area contributed by atoms with Gasteiger partial charge in [0.15, 0.2) is 5.82 Å². The van der Waals surface area contributed by atoms with Crippen LogP contribution in [0.3, 0.4) is 0 Å². The predicted molar refractivity (Wildman–Crippen MR) is 88.5 cm³/mol. The lowest BCUT2D eigenvalue weighted by atomic mass is 9.97. The van der Waals surface area contributed by atoms with Crippen molar-refractivity contribution in [2.24, 2.45) is 0 Å². The van der Waals surface area contributed by atoms with Gasteiger partial charge >= 0.3 is 0 Å². The Morgan fingerprint density at radius 3 is 2.24 bits per heavy atom. The van der Waals surface area contributed by atoms with Crippen molar-refractivity contribution in [2.75, 3.05) is 31.1 Å². The lowest BCUT2D eigenvalue weighted by molar-refractivity contribution is 0.438. The van der Waals surface area contributed by atoms with Crippen LogP contribution in [0.25, 0.3) is 11.0 Å². The van der Waals surface area contributed by atoms with Crippen molar-refractivity contribution in [3.05, 3.63) is 30.0 Å². The van der Waals surface area contributed by atoms with Crippen molar-refractivity contribution >= 4 is 29.3 Å². The van der Waals surface area contributed by atoms with E-state index in [-0.39, 0.29) is 12.4 Å². The van der Waals surface area contributed by atoms with Gasteiger partial charge in [-0.1, -0.05) is 12.1 Å². The molecule has 0 saturated carbocycles. The van der Waals surface area contributed by atoms with Gasteiger partial charge in [-0.05, 0) is 31.4 Å². The van der Waals surface area contributed by atoms with Crippen LogP contribution in [0.1, 0.15) is 30.9 Å². The number of anilines is 1. The van der Waals surface area contributed by atoms with Gasteiger partial charge in [0.2, 0.25) is 0 Å². The minimum Gasteiger partial charge on any atom is -0.355 e. The highest BCUT2D eigenvalue weighted by Crippen LogP contribution is 2.30. The van der Waals surface area contributed by atoms with Gasteiger partial charge in [-0.25, -0.2) is 9.97 Å². The minimum absolute atomic E-state index is 0. The molecule has 2 aromatic rings. The maximum atomic E-state index is 4.94. The van der Waals surface area contributed by atoms with Gasteiger partial charge < -0.3 is 10.2 Å². The maximum Gasteiger partial charge on any atom is 0.151 e. The van der Waals surface area contributed by atoms with Crippen molar-refractivity contribution < 1.29 is 0 Å². The first-order chi connectivity index (χ1) is 9.92. The summed E-state index contributed by atoms with van der Waals surface area (Å²) in [5.41, 5.74) is 3.24. The van der Waals surface area contributed by atoms with Crippen LogP contribution < -0.4 is 10.2 Å². The molecule has 2 aliphatic heterocycles. The molecule has 2 saturated heterocycles. The molecular formula is C16H21ClN4. The van der Waals surface area contributed by atoms with Crippen molar-refractivity contribution in [1.29, 1.82) is 0 Å². The van der Waals surface area contributed by atoms with Crippen molar-refractivity contribution in [1.82, 2.24) is 15.3 Å². The molecule has 0 spiro atoms. The van der Waals surface area contributed by atoms with Crippen LogP contribution in [0.5, 0.6) is 0 Å². The average molecular weight is 305 g/mol. The number of hydrogen-bond donors (Lipinski definition) is 1. The number of aromatic nitrogens is 2. The lowest BCUT2D eigenvalue weighted by Gasteiger charge is -2.33. The third-order valence-electron chi connectivity index (χ3n) is 4.40. The summed E-state index contributed by atoms with van der Waals surface area (Å²) in [5, 5.41) is 3.35. The highest BCUT2D eigenvalue weighted by atomic mass is 35.5. The summed E-state index contributed by atoms with van der Waals surface area (Å²) in [6.45, 7) is 4.32. The SMILES string of the molecule is Cl.c1ccc2nc(N3CCCCC3)c(C3CNC3)nc2c1. The lowest BCUT2D eigenvalue weighted by Crippen LogP contribution is -2.42. The van der Waals surface area contributed by atoms with Crippen LogP contribution in [-0.4, -0.2) is 36.1 Å². The van der Waals surface area contributed by atoms with E-state index < -0.39 is 0 Å². The number of para-hydroxylation sites is 2. The third-order valence-corrected chi connectivity index (χ3v) is 4.40. The second-order valence-corrected chi connectivity index (χ2v) is 5.82. The number of halogens is 1. The van der Waals surface area contributed by atoms with Crippen LogP contribution in [-0.2, 0) is 0 Å². The molecule has 0 amide bonds. The molecule has 21 heavy (non-hydrogen) atoms. The fourth-order valence-electron chi connectivity index (χ4n) is 3.10. The smallest absolute Gasteiger partial charge is 0.151 e. The van der Waals surface area contributed by atoms with Gasteiger partial charge in [0.25, 0.3) is 0 Å². The molecule has 0 aliphatic carbocycles. The summed E-state index contributed by atoms with van der Waals surface area (Å²) < 4.78 is 0. The molecule has 2 fully saturated rings. The van der Waals surface area contributed by atoms with Gasteiger partial charge in [-0.2, -0.15) is 0 Å². The number of fused-ring (bicyclic) bond motifs is 1. The Morgan fingerprint density at radius 2 is 1.62 bits per heavy atom. The summed E-state index contributed by atoms with van der Waals surface area (Å²) in [7, 11) is 0. The summed E-state index contributed by atoms with van der Waals surface area (Å²) in [4.78, 5) is 12.3. The fourth-order valence-corrected chi connectivity index (χ4v) is 3.10. The van der Waals surface area contributed by atoms with Crippen molar-refractivity contribution in [2.45, 2.75) is 25.2 Å². The van der Waals surface area contributed by atoms with E-state index >= 15 is 0 Å². The first kappa shape index (κ1) is 14.5. The standard InChI is InChI=1S/C16H20N4.ClH/c1-4-8-20(9-5-1)16-15(12-10-17-11-12)18-13-6-2-3-7-14(13)19-16;/h2-3,6-7,12,17H,1,4-5,8-11H2;1H. The molecule has 0 unspecified atom stereocenters. The third kappa shape index (κ3) is 2.70. The Morgan fingerprint density at radius 1 is 0.952 bits per heavy atom. The zero-order valence-corrected chi connectivity index (χ0v) is 12.9. The summed E-state index contributed by atoms with van der Waals surface area (Å²) in [6.07, 6.45) is 3.89. The van der Waals surface area contributed by atoms with Gasteiger partial charge in [-0.15, -0.1) is 12.4 Å². The van der Waals surface area contributed by atoms with Gasteiger partial charge in [0.1, 0.15) is 0 Å². The van der Waals surface area contributed by atoms with Crippen LogP contribution in [0.4, 0.5) is 5.82 Å². The number of hydrogen-bond acceptors (Lipinski definition) is 4. The number of nitrogens with one attached hydrogen (secondary N) is 1. The number of rotatable bonds is 2. The molecule has 4 nitrogen and oxygen atoms in total. The molecule has 0 bridgehead atoms. The highest BCUT2D eigenvalue weighted by Gasteiger charge is 2.27. The fraction of sp³-hybridized carbons (Fsp3) is 0.500. The van der Waals surface area contributed by atoms with E-state index in [1.807, 2.05) is 12.1 Å². The molecule has 0 radical (unpaired) electrons. The van der Waals surface area contributed by atoms with E-state index in [1.54, 1.807) is 0 Å². The van der Waals surface area contributed by atoms with Crippen LogP contribution in [0.2, 0.25) is 0 Å². The van der Waals surface area contributed by atoms with Crippen LogP contribution in [0.15, 0.2) is 24.3 Å². The normalized spacial score (nSPS) is 19.1. The van der Waals surface area contributed by atoms with Crippen LogP contribution in [0, 0.1) is 0 Å². The summed E-state index contributed by atoms with van der Waals surface area (Å²) in [5.74, 6) is 1.67. The Labute approximate surface area is 131 Å². The molecule has 4 rings (SSSR count). The molecular weight excluding hydrogens is 284 g/mol. The Balaban J connectivity index is 0.00000132. The first-order valence-electron chi connectivity index (χ1n) is 7.64. The van der Waals surface area contributed by atoms with Gasteiger partial charge in [0.05, 0.1) is 16.7 Å². The van der Waals surface area contributed by atoms with E-state index in [4.69, 9.17) is 9.97 Å². The molecule has 1 N–H and O–H groups in total. The highest BCUT2D eigenvalue weighted by molar-refractivity contribution is 5.85. The van der Waals surface area contributed by atoms with Crippen LogP contribution >= 0.6 is 12.4 Å². The number of piperidine rings is 1. The van der Waals surface area contributed by atoms with E-state index in [2.05, 4.69) is 22.3 Å². The van der Waals surface area contributed by atoms with E-state index in [0.717, 1.165) is 43.0 Å². The zero-order valence-electron chi connectivity index (χ0n) is 12.1. The number of benzene rings is 1. The summed E-state index contributed by atoms with van der Waals surface area (Å²) in [6, 6.07) is 8.22. The Bertz CT molecular complexity index is 621. The molecule has 1 aromatic carbocycles. The maximum absolute atomic E-state index is 4.94. The van der Waals surface area contributed by atoms with Gasteiger partial charge in [0, 0.05) is 32.1 Å². The zero-order chi connectivity index (χ0) is 13.4. The molecule has 1 aromatic heterocycles. The molecule has 2 aliphatic rings. The Kier molecular flexibility index (Phi) is 4.27. The topological polar surface area (TPSA) is 41.1 Å². The Hall–Kier alpha value is -1.39. The second kappa shape index (κ2) is 6.16. The molecule has 3 heterocycles. The van der Waals surface area contributed by atoms with E-state index in [1.165, 1.54) is 25.0 Å². The predicted octanol–water partition coefficient (Wildman–Crippen LogP) is 2.73. The van der Waals surface area contributed by atoms with E-state index in [9.17, 15) is 0 Å². The first-order valence-corrected chi connectivity index (χ1v) is 7.64. The quantitative estimate of drug-likeness (QED) is 0.926. The minimum atomic E-state index is 0. The summed E-state index contributed by atoms with van der Waals surface area (Å²) >= 11 is 0. The molecule has 5 heteroatoms. The molecule has 112 valence electrons. The average Bonchev–Trinajstić information content (AvgIpc) is 2.46. The van der Waals surface area contributed by atoms with E-state index in [0.29, 0.717) is 5.92 Å². The second-order valence-electron chi connectivity index (χ2n) is 5.82. The number of nitrogens with zero attached hydrogens (tertiary/aromatic N) is 3. The van der Waals surface area contributed by atoms with Crippen molar-refractivity contribution in [3.8, 4) is 0 Å². The molecule has 0 atom stereocenters.